The van der Waals surface area contributed by atoms with E-state index in [2.05, 4.69) is 5.18 Å². The van der Waals surface area contributed by atoms with E-state index in [1.54, 1.807) is 18.2 Å². The Morgan fingerprint density at radius 3 is 2.75 bits per heavy atom. The summed E-state index contributed by atoms with van der Waals surface area (Å²) in [6, 6.07) is 5.21. The SMILES string of the molecule is CCOc1ccc(N=O)c(C)c1. The first-order chi connectivity index (χ1) is 5.77. The van der Waals surface area contributed by atoms with Crippen LogP contribution in [0.1, 0.15) is 12.5 Å². The zero-order chi connectivity index (χ0) is 8.97. The van der Waals surface area contributed by atoms with Crippen LogP contribution in [0.25, 0.3) is 0 Å². The Morgan fingerprint density at radius 1 is 1.50 bits per heavy atom. The van der Waals surface area contributed by atoms with Gasteiger partial charge in [0, 0.05) is 0 Å². The van der Waals surface area contributed by atoms with E-state index >= 15 is 0 Å². The predicted octanol–water partition coefficient (Wildman–Crippen LogP) is 2.79. The quantitative estimate of drug-likeness (QED) is 0.646. The Hall–Kier alpha value is -1.38. The molecule has 64 valence electrons. The Labute approximate surface area is 71.3 Å². The zero-order valence-corrected chi connectivity index (χ0v) is 7.20. The molecule has 0 heterocycles. The van der Waals surface area contributed by atoms with Gasteiger partial charge in [0.1, 0.15) is 11.4 Å². The number of benzene rings is 1. The van der Waals surface area contributed by atoms with E-state index in [1.165, 1.54) is 0 Å². The van der Waals surface area contributed by atoms with E-state index in [4.69, 9.17) is 4.74 Å². The van der Waals surface area contributed by atoms with E-state index in [0.717, 1.165) is 11.3 Å². The molecule has 0 amide bonds. The summed E-state index contributed by atoms with van der Waals surface area (Å²) >= 11 is 0. The van der Waals surface area contributed by atoms with Crippen molar-refractivity contribution in [3.8, 4) is 5.75 Å². The summed E-state index contributed by atoms with van der Waals surface area (Å²) in [7, 11) is 0. The van der Waals surface area contributed by atoms with E-state index in [1.807, 2.05) is 13.8 Å². The Kier molecular flexibility index (Phi) is 2.80. The molecule has 0 aliphatic rings. The molecule has 0 fully saturated rings. The zero-order valence-electron chi connectivity index (χ0n) is 7.20. The van der Waals surface area contributed by atoms with Gasteiger partial charge in [-0.25, -0.2) is 0 Å². The van der Waals surface area contributed by atoms with Gasteiger partial charge >= 0.3 is 0 Å². The maximum absolute atomic E-state index is 10.2. The molecule has 0 radical (unpaired) electrons. The first-order valence-corrected chi connectivity index (χ1v) is 3.84. The van der Waals surface area contributed by atoms with E-state index < -0.39 is 0 Å². The van der Waals surface area contributed by atoms with Crippen molar-refractivity contribution in [2.45, 2.75) is 13.8 Å². The first kappa shape index (κ1) is 8.71. The van der Waals surface area contributed by atoms with Crippen molar-refractivity contribution in [1.29, 1.82) is 0 Å². The highest BCUT2D eigenvalue weighted by atomic mass is 16.5. The van der Waals surface area contributed by atoms with Gasteiger partial charge in [-0.15, -0.1) is 4.91 Å². The maximum atomic E-state index is 10.2. The number of hydrogen-bond acceptors (Lipinski definition) is 3. The lowest BCUT2D eigenvalue weighted by Crippen LogP contribution is -1.91. The third-order valence-electron chi connectivity index (χ3n) is 1.58. The molecular weight excluding hydrogens is 154 g/mol. The third-order valence-corrected chi connectivity index (χ3v) is 1.58. The van der Waals surface area contributed by atoms with Crippen LogP contribution in [0.4, 0.5) is 5.69 Å². The molecule has 3 heteroatoms. The lowest BCUT2D eigenvalue weighted by atomic mass is 10.2. The van der Waals surface area contributed by atoms with Crippen LogP contribution in [0.3, 0.4) is 0 Å². The van der Waals surface area contributed by atoms with Crippen molar-refractivity contribution in [2.75, 3.05) is 6.61 Å². The average molecular weight is 165 g/mol. The predicted molar refractivity (Wildman–Crippen MR) is 47.8 cm³/mol. The Bertz CT molecular complexity index is 284. The highest BCUT2D eigenvalue weighted by Crippen LogP contribution is 2.23. The molecule has 3 nitrogen and oxygen atoms in total. The molecule has 1 aromatic carbocycles. The van der Waals surface area contributed by atoms with Crippen molar-refractivity contribution in [2.24, 2.45) is 5.18 Å². The molecule has 1 aromatic rings. The Morgan fingerprint density at radius 2 is 2.25 bits per heavy atom. The second-order valence-corrected chi connectivity index (χ2v) is 2.47. The second kappa shape index (κ2) is 3.85. The van der Waals surface area contributed by atoms with Crippen LogP contribution in [0.5, 0.6) is 5.75 Å². The fraction of sp³-hybridized carbons (Fsp3) is 0.333. The largest absolute Gasteiger partial charge is 0.494 e. The number of ether oxygens (including phenoxy) is 1. The number of aryl methyl sites for hydroxylation is 1. The second-order valence-electron chi connectivity index (χ2n) is 2.47. The molecule has 0 N–H and O–H groups in total. The minimum Gasteiger partial charge on any atom is -0.494 e. The van der Waals surface area contributed by atoms with Crippen LogP contribution < -0.4 is 4.74 Å². The van der Waals surface area contributed by atoms with Crippen LogP contribution in [0.2, 0.25) is 0 Å². The van der Waals surface area contributed by atoms with Crippen LogP contribution in [-0.4, -0.2) is 6.61 Å². The summed E-state index contributed by atoms with van der Waals surface area (Å²) in [4.78, 5) is 10.2. The van der Waals surface area contributed by atoms with Crippen molar-refractivity contribution in [1.82, 2.24) is 0 Å². The van der Waals surface area contributed by atoms with Gasteiger partial charge in [0.25, 0.3) is 0 Å². The van der Waals surface area contributed by atoms with Crippen LogP contribution in [0, 0.1) is 11.8 Å². The normalized spacial score (nSPS) is 9.50. The molecule has 0 aliphatic heterocycles. The summed E-state index contributed by atoms with van der Waals surface area (Å²) in [5.74, 6) is 0.780. The van der Waals surface area contributed by atoms with Gasteiger partial charge in [-0.3, -0.25) is 0 Å². The van der Waals surface area contributed by atoms with Gasteiger partial charge in [0.05, 0.1) is 6.61 Å². The number of rotatable bonds is 3. The third kappa shape index (κ3) is 1.81. The lowest BCUT2D eigenvalue weighted by molar-refractivity contribution is 0.340. The smallest absolute Gasteiger partial charge is 0.119 e. The number of nitroso groups, excluding NO2 is 1. The molecule has 0 aliphatic carbocycles. The average Bonchev–Trinajstić information content (AvgIpc) is 2.05. The summed E-state index contributed by atoms with van der Waals surface area (Å²) < 4.78 is 5.24. The number of hydrogen-bond donors (Lipinski definition) is 0. The van der Waals surface area contributed by atoms with Crippen LogP contribution in [-0.2, 0) is 0 Å². The molecule has 0 atom stereocenters. The van der Waals surface area contributed by atoms with Crippen molar-refractivity contribution in [3.05, 3.63) is 28.7 Å². The van der Waals surface area contributed by atoms with Crippen molar-refractivity contribution >= 4 is 5.69 Å². The molecule has 1 rings (SSSR count). The fourth-order valence-corrected chi connectivity index (χ4v) is 0.987. The van der Waals surface area contributed by atoms with Crippen LogP contribution >= 0.6 is 0 Å². The highest BCUT2D eigenvalue weighted by Gasteiger charge is 1.99. The lowest BCUT2D eigenvalue weighted by Gasteiger charge is -2.03. The minimum atomic E-state index is 0.471. The summed E-state index contributed by atoms with van der Waals surface area (Å²) in [5, 5.41) is 2.87. The fourth-order valence-electron chi connectivity index (χ4n) is 0.987. The maximum Gasteiger partial charge on any atom is 0.119 e. The summed E-state index contributed by atoms with van der Waals surface area (Å²) in [6.45, 7) is 4.38. The molecule has 12 heavy (non-hydrogen) atoms. The van der Waals surface area contributed by atoms with Gasteiger partial charge < -0.3 is 4.74 Å². The summed E-state index contributed by atoms with van der Waals surface area (Å²) in [5.41, 5.74) is 1.31. The van der Waals surface area contributed by atoms with Gasteiger partial charge in [-0.05, 0) is 42.8 Å². The van der Waals surface area contributed by atoms with Crippen molar-refractivity contribution < 1.29 is 4.74 Å². The molecule has 0 saturated heterocycles. The molecule has 0 unspecified atom stereocenters. The molecule has 0 spiro atoms. The highest BCUT2D eigenvalue weighted by molar-refractivity contribution is 5.48. The van der Waals surface area contributed by atoms with Gasteiger partial charge in [0.15, 0.2) is 0 Å². The molecule has 0 aromatic heterocycles. The topological polar surface area (TPSA) is 38.7 Å². The Balaban J connectivity index is 2.93. The van der Waals surface area contributed by atoms with Gasteiger partial charge in [-0.2, -0.15) is 0 Å². The van der Waals surface area contributed by atoms with E-state index in [0.29, 0.717) is 12.3 Å². The van der Waals surface area contributed by atoms with Gasteiger partial charge in [-0.1, -0.05) is 0 Å². The van der Waals surface area contributed by atoms with Gasteiger partial charge in [0.2, 0.25) is 0 Å². The molecule has 0 bridgehead atoms. The van der Waals surface area contributed by atoms with E-state index in [-0.39, 0.29) is 0 Å². The number of nitrogens with zero attached hydrogens (tertiary/aromatic N) is 1. The molecule has 0 saturated carbocycles. The minimum absolute atomic E-state index is 0.471. The monoisotopic (exact) mass is 165 g/mol. The first-order valence-electron chi connectivity index (χ1n) is 3.84. The molecular formula is C9H11NO2. The summed E-state index contributed by atoms with van der Waals surface area (Å²) in [6.07, 6.45) is 0. The van der Waals surface area contributed by atoms with E-state index in [9.17, 15) is 4.91 Å². The van der Waals surface area contributed by atoms with Crippen LogP contribution in [0.15, 0.2) is 23.4 Å². The van der Waals surface area contributed by atoms with Crippen molar-refractivity contribution in [3.63, 3.8) is 0 Å². The standard InChI is InChI=1S/C9H11NO2/c1-3-12-8-4-5-9(10-11)7(2)6-8/h4-6H,3H2,1-2H3.